The molecule has 1 nitrogen and oxygen atoms in total. The SMILES string of the molecule is CC(C)CC(Cl)CNCc1cc(F)ccc1Cl. The van der Waals surface area contributed by atoms with Gasteiger partial charge in [-0.15, -0.1) is 11.6 Å². The van der Waals surface area contributed by atoms with E-state index in [1.165, 1.54) is 12.1 Å². The van der Waals surface area contributed by atoms with Crippen LogP contribution in [0.5, 0.6) is 0 Å². The molecule has 0 amide bonds. The Morgan fingerprint density at radius 2 is 2.06 bits per heavy atom. The zero-order chi connectivity index (χ0) is 12.8. The predicted octanol–water partition coefficient (Wildman–Crippen LogP) is 4.22. The molecule has 0 spiro atoms. The van der Waals surface area contributed by atoms with Gasteiger partial charge in [0.25, 0.3) is 0 Å². The van der Waals surface area contributed by atoms with Crippen molar-refractivity contribution in [3.8, 4) is 0 Å². The van der Waals surface area contributed by atoms with Crippen molar-refractivity contribution in [3.05, 3.63) is 34.6 Å². The van der Waals surface area contributed by atoms with Gasteiger partial charge in [0.1, 0.15) is 5.82 Å². The molecule has 1 rings (SSSR count). The number of hydrogen-bond acceptors (Lipinski definition) is 1. The van der Waals surface area contributed by atoms with Gasteiger partial charge >= 0.3 is 0 Å². The smallest absolute Gasteiger partial charge is 0.123 e. The lowest BCUT2D eigenvalue weighted by molar-refractivity contribution is 0.533. The Labute approximate surface area is 112 Å². The molecule has 0 radical (unpaired) electrons. The highest BCUT2D eigenvalue weighted by atomic mass is 35.5. The van der Waals surface area contributed by atoms with E-state index in [1.807, 2.05) is 0 Å². The molecular formula is C13H18Cl2FN. The Morgan fingerprint density at radius 1 is 1.35 bits per heavy atom. The molecule has 1 N–H and O–H groups in total. The summed E-state index contributed by atoms with van der Waals surface area (Å²) in [5, 5.41) is 3.87. The van der Waals surface area contributed by atoms with Crippen LogP contribution in [0, 0.1) is 11.7 Å². The lowest BCUT2D eigenvalue weighted by Crippen LogP contribution is -2.24. The minimum atomic E-state index is -0.268. The standard InChI is InChI=1S/C13H18Cl2FN/c1-9(2)5-11(14)8-17-7-10-6-12(16)3-4-13(10)15/h3-4,6,9,11,17H,5,7-8H2,1-2H3. The Balaban J connectivity index is 2.38. The fourth-order valence-electron chi connectivity index (χ4n) is 1.64. The largest absolute Gasteiger partial charge is 0.311 e. The third-order valence-corrected chi connectivity index (χ3v) is 3.12. The second-order valence-corrected chi connectivity index (χ2v) is 5.62. The Kier molecular flexibility index (Phi) is 6.24. The van der Waals surface area contributed by atoms with Gasteiger partial charge in [0, 0.05) is 23.5 Å². The van der Waals surface area contributed by atoms with Crippen LogP contribution in [-0.2, 0) is 6.54 Å². The minimum Gasteiger partial charge on any atom is -0.311 e. The highest BCUT2D eigenvalue weighted by molar-refractivity contribution is 6.31. The number of nitrogens with one attached hydrogen (secondary N) is 1. The maximum atomic E-state index is 13.0. The van der Waals surface area contributed by atoms with Crippen LogP contribution in [0.1, 0.15) is 25.8 Å². The molecule has 0 saturated carbocycles. The molecule has 1 aromatic carbocycles. The zero-order valence-corrected chi connectivity index (χ0v) is 11.7. The van der Waals surface area contributed by atoms with Crippen LogP contribution >= 0.6 is 23.2 Å². The van der Waals surface area contributed by atoms with E-state index < -0.39 is 0 Å². The van der Waals surface area contributed by atoms with Crippen molar-refractivity contribution < 1.29 is 4.39 Å². The highest BCUT2D eigenvalue weighted by Gasteiger charge is 2.07. The molecule has 0 heterocycles. The normalized spacial score (nSPS) is 13.1. The molecule has 96 valence electrons. The fourth-order valence-corrected chi connectivity index (χ4v) is 2.29. The van der Waals surface area contributed by atoms with Crippen molar-refractivity contribution in [2.75, 3.05) is 6.54 Å². The summed E-state index contributed by atoms with van der Waals surface area (Å²) in [4.78, 5) is 0. The summed E-state index contributed by atoms with van der Waals surface area (Å²) in [5.74, 6) is 0.313. The second kappa shape index (κ2) is 7.20. The molecule has 4 heteroatoms. The van der Waals surface area contributed by atoms with E-state index in [4.69, 9.17) is 23.2 Å². The van der Waals surface area contributed by atoms with E-state index in [-0.39, 0.29) is 11.2 Å². The van der Waals surface area contributed by atoms with Crippen LogP contribution < -0.4 is 5.32 Å². The molecule has 0 fully saturated rings. The van der Waals surface area contributed by atoms with Crippen molar-refractivity contribution in [1.82, 2.24) is 5.32 Å². The van der Waals surface area contributed by atoms with Crippen LogP contribution in [-0.4, -0.2) is 11.9 Å². The Hall–Kier alpha value is -0.310. The van der Waals surface area contributed by atoms with Crippen LogP contribution in [0.4, 0.5) is 4.39 Å². The van der Waals surface area contributed by atoms with Gasteiger partial charge in [-0.3, -0.25) is 0 Å². The molecule has 1 unspecified atom stereocenters. The summed E-state index contributed by atoms with van der Waals surface area (Å²) in [6.07, 6.45) is 0.964. The summed E-state index contributed by atoms with van der Waals surface area (Å²) in [6, 6.07) is 4.37. The first kappa shape index (κ1) is 14.7. The van der Waals surface area contributed by atoms with Crippen LogP contribution in [0.25, 0.3) is 0 Å². The molecule has 17 heavy (non-hydrogen) atoms. The van der Waals surface area contributed by atoms with Crippen molar-refractivity contribution in [3.63, 3.8) is 0 Å². The number of halogens is 3. The molecule has 0 aliphatic heterocycles. The second-order valence-electron chi connectivity index (χ2n) is 4.59. The number of hydrogen-bond donors (Lipinski definition) is 1. The van der Waals surface area contributed by atoms with E-state index >= 15 is 0 Å². The van der Waals surface area contributed by atoms with E-state index in [1.54, 1.807) is 6.07 Å². The quantitative estimate of drug-likeness (QED) is 0.768. The van der Waals surface area contributed by atoms with Gasteiger partial charge in [-0.1, -0.05) is 25.4 Å². The van der Waals surface area contributed by atoms with Crippen LogP contribution in [0.2, 0.25) is 5.02 Å². The van der Waals surface area contributed by atoms with Crippen molar-refractivity contribution >= 4 is 23.2 Å². The van der Waals surface area contributed by atoms with E-state index in [0.717, 1.165) is 12.0 Å². The molecule has 0 bridgehead atoms. The first-order chi connectivity index (χ1) is 7.99. The molecule has 0 aliphatic carbocycles. The number of alkyl halides is 1. The fraction of sp³-hybridized carbons (Fsp3) is 0.538. The molecule has 0 saturated heterocycles. The van der Waals surface area contributed by atoms with E-state index in [0.29, 0.717) is 24.0 Å². The van der Waals surface area contributed by atoms with Gasteiger partial charge in [-0.25, -0.2) is 4.39 Å². The zero-order valence-electron chi connectivity index (χ0n) is 10.1. The van der Waals surface area contributed by atoms with Gasteiger partial charge < -0.3 is 5.32 Å². The maximum absolute atomic E-state index is 13.0. The molecule has 0 aromatic heterocycles. The third kappa shape index (κ3) is 5.71. The first-order valence-corrected chi connectivity index (χ1v) is 6.59. The Bertz CT molecular complexity index is 355. The molecular weight excluding hydrogens is 260 g/mol. The summed E-state index contributed by atoms with van der Waals surface area (Å²) >= 11 is 12.1. The van der Waals surface area contributed by atoms with Crippen molar-refractivity contribution in [2.24, 2.45) is 5.92 Å². The summed E-state index contributed by atoms with van der Waals surface area (Å²) < 4.78 is 13.0. The van der Waals surface area contributed by atoms with Crippen molar-refractivity contribution in [1.29, 1.82) is 0 Å². The van der Waals surface area contributed by atoms with Gasteiger partial charge in [-0.2, -0.15) is 0 Å². The van der Waals surface area contributed by atoms with Gasteiger partial charge in [-0.05, 0) is 36.1 Å². The molecule has 0 aliphatic rings. The topological polar surface area (TPSA) is 12.0 Å². The molecule has 1 atom stereocenters. The minimum absolute atomic E-state index is 0.0994. The van der Waals surface area contributed by atoms with Gasteiger partial charge in [0.05, 0.1) is 0 Å². The lowest BCUT2D eigenvalue weighted by atomic mass is 10.1. The summed E-state index contributed by atoms with van der Waals surface area (Å²) in [6.45, 7) is 5.52. The predicted molar refractivity (Wildman–Crippen MR) is 72.2 cm³/mol. The average molecular weight is 278 g/mol. The van der Waals surface area contributed by atoms with Gasteiger partial charge in [0.15, 0.2) is 0 Å². The Morgan fingerprint density at radius 3 is 2.71 bits per heavy atom. The van der Waals surface area contributed by atoms with Crippen LogP contribution in [0.15, 0.2) is 18.2 Å². The maximum Gasteiger partial charge on any atom is 0.123 e. The number of rotatable bonds is 6. The number of benzene rings is 1. The average Bonchev–Trinajstić information content (AvgIpc) is 2.22. The van der Waals surface area contributed by atoms with E-state index in [9.17, 15) is 4.39 Å². The van der Waals surface area contributed by atoms with Crippen molar-refractivity contribution in [2.45, 2.75) is 32.2 Å². The van der Waals surface area contributed by atoms with Gasteiger partial charge in [0.2, 0.25) is 0 Å². The lowest BCUT2D eigenvalue weighted by Gasteiger charge is -2.13. The monoisotopic (exact) mass is 277 g/mol. The summed E-state index contributed by atoms with van der Waals surface area (Å²) in [5.41, 5.74) is 0.764. The molecule has 1 aromatic rings. The third-order valence-electron chi connectivity index (χ3n) is 2.42. The van der Waals surface area contributed by atoms with E-state index in [2.05, 4.69) is 19.2 Å². The summed E-state index contributed by atoms with van der Waals surface area (Å²) in [7, 11) is 0. The first-order valence-electron chi connectivity index (χ1n) is 5.77. The van der Waals surface area contributed by atoms with Crippen LogP contribution in [0.3, 0.4) is 0 Å². The highest BCUT2D eigenvalue weighted by Crippen LogP contribution is 2.17.